The van der Waals surface area contributed by atoms with Gasteiger partial charge in [0, 0.05) is 6.54 Å². The van der Waals surface area contributed by atoms with Crippen molar-refractivity contribution in [3.63, 3.8) is 0 Å². The second kappa shape index (κ2) is 8.95. The summed E-state index contributed by atoms with van der Waals surface area (Å²) in [7, 11) is 0. The predicted octanol–water partition coefficient (Wildman–Crippen LogP) is 2.60. The molecule has 2 N–H and O–H groups in total. The molecule has 0 spiro atoms. The van der Waals surface area contributed by atoms with Gasteiger partial charge in [-0.2, -0.15) is 0 Å². The lowest BCUT2D eigenvalue weighted by atomic mass is 10.2. The molecule has 102 valence electrons. The minimum absolute atomic E-state index is 0.331. The van der Waals surface area contributed by atoms with Crippen LogP contribution in [0.5, 0.6) is 5.75 Å². The van der Waals surface area contributed by atoms with E-state index in [1.165, 1.54) is 24.9 Å². The number of rotatable bonds is 9. The first kappa shape index (κ1) is 15.0. The van der Waals surface area contributed by atoms with Gasteiger partial charge in [-0.3, -0.25) is 0 Å². The van der Waals surface area contributed by atoms with Gasteiger partial charge in [-0.15, -0.1) is 0 Å². The zero-order chi connectivity index (χ0) is 13.2. The second-order valence-corrected chi connectivity index (χ2v) is 4.58. The summed E-state index contributed by atoms with van der Waals surface area (Å²) in [6, 6.07) is 7.38. The molecule has 1 aromatic carbocycles. The van der Waals surface area contributed by atoms with Crippen LogP contribution in [0.1, 0.15) is 32.3 Å². The number of aromatic hydroxyl groups is 1. The molecule has 0 unspecified atom stereocenters. The van der Waals surface area contributed by atoms with E-state index in [-0.39, 0.29) is 0 Å². The highest BCUT2D eigenvalue weighted by atomic mass is 16.3. The van der Waals surface area contributed by atoms with E-state index >= 15 is 0 Å². The summed E-state index contributed by atoms with van der Waals surface area (Å²) in [6.07, 6.45) is 2.47. The Hall–Kier alpha value is -1.06. The first-order chi connectivity index (χ1) is 8.76. The Kier molecular flexibility index (Phi) is 7.46. The summed E-state index contributed by atoms with van der Waals surface area (Å²) in [4.78, 5) is 2.46. The number of phenols is 1. The summed E-state index contributed by atoms with van der Waals surface area (Å²) < 4.78 is 0. The first-order valence-corrected chi connectivity index (χ1v) is 6.97. The van der Waals surface area contributed by atoms with Crippen LogP contribution >= 0.6 is 0 Å². The summed E-state index contributed by atoms with van der Waals surface area (Å²) >= 11 is 0. The molecule has 0 aliphatic heterocycles. The maximum atomic E-state index is 9.17. The molecular weight excluding hydrogens is 224 g/mol. The summed E-state index contributed by atoms with van der Waals surface area (Å²) in [5.41, 5.74) is 1.22. The highest BCUT2D eigenvalue weighted by Crippen LogP contribution is 2.09. The van der Waals surface area contributed by atoms with Gasteiger partial charge in [-0.1, -0.05) is 26.0 Å². The van der Waals surface area contributed by atoms with Gasteiger partial charge < -0.3 is 15.3 Å². The third-order valence-electron chi connectivity index (χ3n) is 3.24. The quantitative estimate of drug-likeness (QED) is 0.661. The number of benzene rings is 1. The third-order valence-corrected chi connectivity index (χ3v) is 3.24. The number of nitrogens with one attached hydrogen (secondary N) is 1. The molecule has 0 heterocycles. The van der Waals surface area contributed by atoms with Gasteiger partial charge in [0.1, 0.15) is 5.75 Å². The molecule has 0 fully saturated rings. The van der Waals surface area contributed by atoms with E-state index in [0.29, 0.717) is 5.75 Å². The Morgan fingerprint density at radius 1 is 1.06 bits per heavy atom. The van der Waals surface area contributed by atoms with Crippen molar-refractivity contribution in [2.24, 2.45) is 0 Å². The molecule has 1 aromatic rings. The fourth-order valence-electron chi connectivity index (χ4n) is 1.97. The normalized spacial score (nSPS) is 11.1. The molecule has 0 saturated carbocycles. The van der Waals surface area contributed by atoms with Gasteiger partial charge in [-0.25, -0.2) is 0 Å². The molecule has 0 saturated heterocycles. The van der Waals surface area contributed by atoms with Crippen molar-refractivity contribution >= 4 is 0 Å². The lowest BCUT2D eigenvalue weighted by Gasteiger charge is -2.17. The van der Waals surface area contributed by atoms with Crippen molar-refractivity contribution in [1.82, 2.24) is 10.2 Å². The molecule has 0 amide bonds. The summed E-state index contributed by atoms with van der Waals surface area (Å²) in [5, 5.41) is 12.6. The van der Waals surface area contributed by atoms with Gasteiger partial charge in [0.05, 0.1) is 0 Å². The summed E-state index contributed by atoms with van der Waals surface area (Å²) in [6.45, 7) is 9.87. The number of hydrogen-bond donors (Lipinski definition) is 2. The van der Waals surface area contributed by atoms with E-state index in [0.717, 1.165) is 26.2 Å². The van der Waals surface area contributed by atoms with Crippen LogP contribution in [0.2, 0.25) is 0 Å². The molecule has 0 aromatic heterocycles. The molecular formula is C15H26N2O. The van der Waals surface area contributed by atoms with Gasteiger partial charge >= 0.3 is 0 Å². The smallest absolute Gasteiger partial charge is 0.115 e. The monoisotopic (exact) mass is 250 g/mol. The van der Waals surface area contributed by atoms with Crippen molar-refractivity contribution in [3.8, 4) is 5.75 Å². The lowest BCUT2D eigenvalue weighted by molar-refractivity contribution is 0.296. The van der Waals surface area contributed by atoms with Crippen molar-refractivity contribution in [2.75, 3.05) is 26.2 Å². The topological polar surface area (TPSA) is 35.5 Å². The molecule has 0 aliphatic carbocycles. The Labute approximate surface area is 111 Å². The maximum absolute atomic E-state index is 9.17. The highest BCUT2D eigenvalue weighted by molar-refractivity contribution is 5.25. The zero-order valence-corrected chi connectivity index (χ0v) is 11.7. The molecule has 3 heteroatoms. The molecule has 1 rings (SSSR count). The largest absolute Gasteiger partial charge is 0.508 e. The standard InChI is InChI=1S/C15H26N2O/c1-3-17(4-2)12-6-5-11-16-13-14-7-9-15(18)10-8-14/h7-10,16,18H,3-6,11-13H2,1-2H3. The number of hydrogen-bond acceptors (Lipinski definition) is 3. The van der Waals surface area contributed by atoms with Crippen molar-refractivity contribution in [1.29, 1.82) is 0 Å². The van der Waals surface area contributed by atoms with Crippen molar-refractivity contribution in [2.45, 2.75) is 33.2 Å². The Bertz CT molecular complexity index is 307. The van der Waals surface area contributed by atoms with Gasteiger partial charge in [0.25, 0.3) is 0 Å². The molecule has 0 radical (unpaired) electrons. The maximum Gasteiger partial charge on any atom is 0.115 e. The van der Waals surface area contributed by atoms with Crippen LogP contribution in [0.15, 0.2) is 24.3 Å². The number of phenolic OH excluding ortho intramolecular Hbond substituents is 1. The lowest BCUT2D eigenvalue weighted by Crippen LogP contribution is -2.25. The van der Waals surface area contributed by atoms with Crippen LogP contribution < -0.4 is 5.32 Å². The van der Waals surface area contributed by atoms with Crippen LogP contribution in [0.25, 0.3) is 0 Å². The van der Waals surface area contributed by atoms with Gasteiger partial charge in [0.15, 0.2) is 0 Å². The number of unbranched alkanes of at least 4 members (excludes halogenated alkanes) is 1. The Morgan fingerprint density at radius 3 is 2.33 bits per heavy atom. The molecule has 0 aliphatic rings. The van der Waals surface area contributed by atoms with E-state index in [1.54, 1.807) is 12.1 Å². The minimum atomic E-state index is 0.331. The number of nitrogens with zero attached hydrogens (tertiary/aromatic N) is 1. The van der Waals surface area contributed by atoms with Crippen LogP contribution in [0.3, 0.4) is 0 Å². The fraction of sp³-hybridized carbons (Fsp3) is 0.600. The summed E-state index contributed by atoms with van der Waals surface area (Å²) in [5.74, 6) is 0.331. The predicted molar refractivity (Wildman–Crippen MR) is 76.8 cm³/mol. The van der Waals surface area contributed by atoms with Crippen LogP contribution in [0, 0.1) is 0 Å². The molecule has 18 heavy (non-hydrogen) atoms. The second-order valence-electron chi connectivity index (χ2n) is 4.58. The zero-order valence-electron chi connectivity index (χ0n) is 11.7. The Morgan fingerprint density at radius 2 is 1.72 bits per heavy atom. The minimum Gasteiger partial charge on any atom is -0.508 e. The van der Waals surface area contributed by atoms with Crippen molar-refractivity contribution in [3.05, 3.63) is 29.8 Å². The van der Waals surface area contributed by atoms with Gasteiger partial charge in [-0.05, 0) is 56.7 Å². The van der Waals surface area contributed by atoms with Crippen LogP contribution in [0.4, 0.5) is 0 Å². The Balaban J connectivity index is 2.03. The van der Waals surface area contributed by atoms with Crippen molar-refractivity contribution < 1.29 is 5.11 Å². The highest BCUT2D eigenvalue weighted by Gasteiger charge is 1.98. The van der Waals surface area contributed by atoms with Crippen LogP contribution in [-0.2, 0) is 6.54 Å². The average Bonchev–Trinajstić information content (AvgIpc) is 2.40. The SMILES string of the molecule is CCN(CC)CCCCNCc1ccc(O)cc1. The fourth-order valence-corrected chi connectivity index (χ4v) is 1.97. The molecule has 0 atom stereocenters. The molecule has 3 nitrogen and oxygen atoms in total. The van der Waals surface area contributed by atoms with E-state index in [9.17, 15) is 5.11 Å². The van der Waals surface area contributed by atoms with E-state index < -0.39 is 0 Å². The van der Waals surface area contributed by atoms with Crippen LogP contribution in [-0.4, -0.2) is 36.2 Å². The van der Waals surface area contributed by atoms with Gasteiger partial charge in [0.2, 0.25) is 0 Å². The van der Waals surface area contributed by atoms with E-state index in [4.69, 9.17) is 0 Å². The van der Waals surface area contributed by atoms with E-state index in [2.05, 4.69) is 24.1 Å². The molecule has 0 bridgehead atoms. The first-order valence-electron chi connectivity index (χ1n) is 6.97. The average molecular weight is 250 g/mol. The third kappa shape index (κ3) is 6.03. The van der Waals surface area contributed by atoms with E-state index in [1.807, 2.05) is 12.1 Å².